The quantitative estimate of drug-likeness (QED) is 0.103. The van der Waals surface area contributed by atoms with Crippen molar-refractivity contribution < 1.29 is 0 Å². The molecular formula is C42H48N2. The molecule has 2 heteroatoms. The molecule has 0 heterocycles. The lowest BCUT2D eigenvalue weighted by molar-refractivity contribution is 0.283. The van der Waals surface area contributed by atoms with Crippen molar-refractivity contribution in [2.75, 3.05) is 39.3 Å². The zero-order valence-electron chi connectivity index (χ0n) is 26.2. The van der Waals surface area contributed by atoms with Crippen molar-refractivity contribution in [1.82, 2.24) is 9.80 Å². The van der Waals surface area contributed by atoms with E-state index in [9.17, 15) is 0 Å². The lowest BCUT2D eigenvalue weighted by atomic mass is 10.1. The first-order chi connectivity index (χ1) is 21.8. The molecule has 0 amide bonds. The van der Waals surface area contributed by atoms with Crippen molar-refractivity contribution in [2.24, 2.45) is 0 Å². The molecule has 0 spiro atoms. The first kappa shape index (κ1) is 31.4. The van der Waals surface area contributed by atoms with Crippen LogP contribution in [0.15, 0.2) is 146 Å². The van der Waals surface area contributed by atoms with Gasteiger partial charge >= 0.3 is 0 Å². The summed E-state index contributed by atoms with van der Waals surface area (Å²) in [4.78, 5) is 5.29. The van der Waals surface area contributed by atoms with Gasteiger partial charge in [0.25, 0.3) is 0 Å². The van der Waals surface area contributed by atoms with Crippen LogP contribution in [0.4, 0.5) is 0 Å². The minimum Gasteiger partial charge on any atom is -0.302 e. The standard InChI is InChI=1S/C42H48N2/c1-5-13-37(14-6-1)25-31-43(32-26-38-15-7-2-8-16-38)35-29-41-21-23-42(24-22-41)30-36-44(33-27-39-17-9-3-10-18-39)34-28-40-19-11-4-12-20-40/h1-24H,25-36H2. The Balaban J connectivity index is 1.12. The van der Waals surface area contributed by atoms with E-state index in [0.29, 0.717) is 0 Å². The van der Waals surface area contributed by atoms with Crippen LogP contribution in [-0.2, 0) is 38.5 Å². The molecular weight excluding hydrogens is 532 g/mol. The average Bonchev–Trinajstić information content (AvgIpc) is 3.10. The van der Waals surface area contributed by atoms with E-state index >= 15 is 0 Å². The summed E-state index contributed by atoms with van der Waals surface area (Å²) in [5.74, 6) is 0. The molecule has 0 aromatic heterocycles. The molecule has 44 heavy (non-hydrogen) atoms. The highest BCUT2D eigenvalue weighted by atomic mass is 15.1. The summed E-state index contributed by atoms with van der Waals surface area (Å²) in [6.45, 7) is 6.55. The molecule has 0 aliphatic carbocycles. The molecule has 0 unspecified atom stereocenters. The van der Waals surface area contributed by atoms with Gasteiger partial charge < -0.3 is 9.80 Å². The molecule has 5 aromatic carbocycles. The summed E-state index contributed by atoms with van der Waals surface area (Å²) < 4.78 is 0. The van der Waals surface area contributed by atoms with Gasteiger partial charge in [0.1, 0.15) is 0 Å². The van der Waals surface area contributed by atoms with Crippen LogP contribution in [0.5, 0.6) is 0 Å². The lowest BCUT2D eigenvalue weighted by Crippen LogP contribution is -2.31. The summed E-state index contributed by atoms with van der Waals surface area (Å²) >= 11 is 0. The van der Waals surface area contributed by atoms with Crippen LogP contribution < -0.4 is 0 Å². The van der Waals surface area contributed by atoms with Gasteiger partial charge in [-0.05, 0) is 71.9 Å². The normalized spacial score (nSPS) is 11.3. The zero-order chi connectivity index (χ0) is 30.1. The highest BCUT2D eigenvalue weighted by Crippen LogP contribution is 2.12. The Bertz CT molecular complexity index is 1230. The van der Waals surface area contributed by atoms with E-state index in [1.807, 2.05) is 0 Å². The number of hydrogen-bond acceptors (Lipinski definition) is 2. The summed E-state index contributed by atoms with van der Waals surface area (Å²) in [5.41, 5.74) is 8.55. The van der Waals surface area contributed by atoms with E-state index in [2.05, 4.69) is 155 Å². The fourth-order valence-electron chi connectivity index (χ4n) is 5.85. The van der Waals surface area contributed by atoms with Gasteiger partial charge in [-0.3, -0.25) is 0 Å². The maximum Gasteiger partial charge on any atom is 0.00221 e. The first-order valence-electron chi connectivity index (χ1n) is 16.5. The van der Waals surface area contributed by atoms with Crippen molar-refractivity contribution in [3.8, 4) is 0 Å². The maximum absolute atomic E-state index is 2.64. The van der Waals surface area contributed by atoms with Crippen molar-refractivity contribution in [3.05, 3.63) is 179 Å². The molecule has 0 aliphatic rings. The number of benzene rings is 5. The van der Waals surface area contributed by atoms with E-state index < -0.39 is 0 Å². The van der Waals surface area contributed by atoms with E-state index in [1.165, 1.54) is 33.4 Å². The fourth-order valence-corrected chi connectivity index (χ4v) is 5.85. The molecule has 0 fully saturated rings. The molecule has 0 saturated heterocycles. The predicted molar refractivity (Wildman–Crippen MR) is 187 cm³/mol. The highest BCUT2D eigenvalue weighted by molar-refractivity contribution is 5.24. The molecule has 0 saturated carbocycles. The van der Waals surface area contributed by atoms with Crippen molar-refractivity contribution in [2.45, 2.75) is 38.5 Å². The topological polar surface area (TPSA) is 6.48 Å². The van der Waals surface area contributed by atoms with E-state index in [0.717, 1.165) is 77.8 Å². The lowest BCUT2D eigenvalue weighted by Gasteiger charge is -2.23. The third-order valence-corrected chi connectivity index (χ3v) is 8.69. The van der Waals surface area contributed by atoms with Crippen LogP contribution in [0.1, 0.15) is 33.4 Å². The monoisotopic (exact) mass is 580 g/mol. The fraction of sp³-hybridized carbons (Fsp3) is 0.286. The highest BCUT2D eigenvalue weighted by Gasteiger charge is 2.09. The van der Waals surface area contributed by atoms with Gasteiger partial charge in [0.2, 0.25) is 0 Å². The Hall–Kier alpha value is -3.98. The average molecular weight is 581 g/mol. The van der Waals surface area contributed by atoms with Gasteiger partial charge in [0.15, 0.2) is 0 Å². The molecule has 0 aliphatic heterocycles. The summed E-state index contributed by atoms with van der Waals surface area (Å²) in [6, 6.07) is 53.1. The zero-order valence-corrected chi connectivity index (χ0v) is 26.2. The Morgan fingerprint density at radius 2 is 0.409 bits per heavy atom. The third-order valence-electron chi connectivity index (χ3n) is 8.69. The number of hydrogen-bond donors (Lipinski definition) is 0. The second-order valence-corrected chi connectivity index (χ2v) is 11.9. The van der Waals surface area contributed by atoms with Gasteiger partial charge in [-0.25, -0.2) is 0 Å². The minimum absolute atomic E-state index is 1.09. The van der Waals surface area contributed by atoms with Gasteiger partial charge in [-0.2, -0.15) is 0 Å². The van der Waals surface area contributed by atoms with Crippen LogP contribution >= 0.6 is 0 Å². The van der Waals surface area contributed by atoms with Crippen molar-refractivity contribution in [1.29, 1.82) is 0 Å². The van der Waals surface area contributed by atoms with Crippen LogP contribution in [0.2, 0.25) is 0 Å². The largest absolute Gasteiger partial charge is 0.302 e. The van der Waals surface area contributed by atoms with Crippen LogP contribution in [0.25, 0.3) is 0 Å². The van der Waals surface area contributed by atoms with E-state index in [4.69, 9.17) is 0 Å². The molecule has 0 bridgehead atoms. The smallest absolute Gasteiger partial charge is 0.00221 e. The summed E-state index contributed by atoms with van der Waals surface area (Å²) in [6.07, 6.45) is 6.56. The second kappa shape index (κ2) is 18.0. The van der Waals surface area contributed by atoms with Crippen molar-refractivity contribution >= 4 is 0 Å². The van der Waals surface area contributed by atoms with Crippen LogP contribution in [0.3, 0.4) is 0 Å². The molecule has 226 valence electrons. The van der Waals surface area contributed by atoms with Gasteiger partial charge in [0, 0.05) is 39.3 Å². The first-order valence-corrected chi connectivity index (χ1v) is 16.5. The Morgan fingerprint density at radius 3 is 0.614 bits per heavy atom. The van der Waals surface area contributed by atoms with Gasteiger partial charge in [-0.1, -0.05) is 146 Å². The molecule has 5 rings (SSSR count). The third kappa shape index (κ3) is 11.3. The Labute approximate surface area is 266 Å². The Morgan fingerprint density at radius 1 is 0.227 bits per heavy atom. The molecule has 2 nitrogen and oxygen atoms in total. The van der Waals surface area contributed by atoms with Crippen molar-refractivity contribution in [3.63, 3.8) is 0 Å². The Kier molecular flexibility index (Phi) is 12.8. The maximum atomic E-state index is 2.64. The minimum atomic E-state index is 1.09. The SMILES string of the molecule is c1ccc(CCN(CCc2ccccc2)CCc2ccc(CCN(CCc3ccccc3)CCc3ccccc3)cc2)cc1. The number of rotatable bonds is 18. The summed E-state index contributed by atoms with van der Waals surface area (Å²) in [7, 11) is 0. The van der Waals surface area contributed by atoms with Crippen LogP contribution in [-0.4, -0.2) is 49.1 Å². The molecule has 0 atom stereocenters. The molecule has 5 aromatic rings. The van der Waals surface area contributed by atoms with Gasteiger partial charge in [-0.15, -0.1) is 0 Å². The molecule has 0 radical (unpaired) electrons. The number of nitrogens with zero attached hydrogens (tertiary/aromatic N) is 2. The van der Waals surface area contributed by atoms with Gasteiger partial charge in [0.05, 0.1) is 0 Å². The second-order valence-electron chi connectivity index (χ2n) is 11.9. The van der Waals surface area contributed by atoms with E-state index in [-0.39, 0.29) is 0 Å². The predicted octanol–water partition coefficient (Wildman–Crippen LogP) is 8.35. The van der Waals surface area contributed by atoms with Crippen LogP contribution in [0, 0.1) is 0 Å². The van der Waals surface area contributed by atoms with E-state index in [1.54, 1.807) is 0 Å². The molecule has 0 N–H and O–H groups in total. The summed E-state index contributed by atoms with van der Waals surface area (Å²) in [5, 5.41) is 0.